The van der Waals surface area contributed by atoms with Crippen LogP contribution in [-0.2, 0) is 6.18 Å². The second kappa shape index (κ2) is 4.36. The highest BCUT2D eigenvalue weighted by atomic mass is 79.9. The van der Waals surface area contributed by atoms with Gasteiger partial charge in [-0.25, -0.2) is 0 Å². The van der Waals surface area contributed by atoms with E-state index < -0.39 is 33.5 Å². The second-order valence-corrected chi connectivity index (χ2v) is 4.30. The molecular formula is C10H6BrF5O. The van der Waals surface area contributed by atoms with E-state index in [1.807, 2.05) is 15.9 Å². The lowest BCUT2D eigenvalue weighted by molar-refractivity contribution is -0.138. The second-order valence-electron chi connectivity index (χ2n) is 3.30. The molecule has 0 bridgehead atoms. The summed E-state index contributed by atoms with van der Waals surface area (Å²) in [5.41, 5.74) is -2.26. The summed E-state index contributed by atoms with van der Waals surface area (Å²) >= 11 is 1.83. The number of alkyl halides is 6. The normalized spacial score (nSPS) is 12.6. The fraction of sp³-hybridized carbons (Fsp3) is 0.300. The average Bonchev–Trinajstić information content (AvgIpc) is 2.13. The number of ketones is 1. The van der Waals surface area contributed by atoms with Gasteiger partial charge >= 0.3 is 11.0 Å². The van der Waals surface area contributed by atoms with Crippen molar-refractivity contribution < 1.29 is 26.7 Å². The van der Waals surface area contributed by atoms with Crippen LogP contribution in [0.4, 0.5) is 22.0 Å². The Hall–Kier alpha value is -0.980. The van der Waals surface area contributed by atoms with Crippen LogP contribution in [0.3, 0.4) is 0 Å². The summed E-state index contributed by atoms with van der Waals surface area (Å²) in [6.45, 7) is 0.981. The maximum absolute atomic E-state index is 12.7. The highest BCUT2D eigenvalue weighted by molar-refractivity contribution is 9.10. The van der Waals surface area contributed by atoms with E-state index >= 15 is 0 Å². The topological polar surface area (TPSA) is 17.1 Å². The fourth-order valence-electron chi connectivity index (χ4n) is 1.34. The molecule has 94 valence electrons. The van der Waals surface area contributed by atoms with Crippen molar-refractivity contribution in [3.63, 3.8) is 0 Å². The third kappa shape index (κ3) is 3.02. The van der Waals surface area contributed by atoms with Crippen molar-refractivity contribution in [2.24, 2.45) is 0 Å². The quantitative estimate of drug-likeness (QED) is 0.454. The number of benzene rings is 1. The molecule has 0 saturated carbocycles. The number of rotatable bonds is 2. The fourth-order valence-corrected chi connectivity index (χ4v) is 1.56. The molecule has 0 aromatic heterocycles. The minimum Gasteiger partial charge on any atom is -0.286 e. The van der Waals surface area contributed by atoms with Crippen molar-refractivity contribution in [1.29, 1.82) is 0 Å². The zero-order chi connectivity index (χ0) is 13.4. The lowest BCUT2D eigenvalue weighted by atomic mass is 9.99. The standard InChI is InChI=1S/C10H6BrF5O/c1-5-6(8(17)9(11,12)13)3-2-4-7(5)10(14,15)16/h2-4H,1H3. The highest BCUT2D eigenvalue weighted by Crippen LogP contribution is 2.35. The van der Waals surface area contributed by atoms with Crippen LogP contribution in [0.2, 0.25) is 0 Å². The van der Waals surface area contributed by atoms with Gasteiger partial charge in [0.25, 0.3) is 0 Å². The van der Waals surface area contributed by atoms with E-state index in [-0.39, 0.29) is 0 Å². The largest absolute Gasteiger partial charge is 0.416 e. The van der Waals surface area contributed by atoms with Crippen molar-refractivity contribution in [2.45, 2.75) is 17.9 Å². The van der Waals surface area contributed by atoms with Crippen molar-refractivity contribution in [1.82, 2.24) is 0 Å². The van der Waals surface area contributed by atoms with Crippen LogP contribution in [0.15, 0.2) is 18.2 Å². The third-order valence-electron chi connectivity index (χ3n) is 2.14. The number of hydrogen-bond donors (Lipinski definition) is 0. The Morgan fingerprint density at radius 1 is 1.18 bits per heavy atom. The van der Waals surface area contributed by atoms with Crippen molar-refractivity contribution in [2.75, 3.05) is 0 Å². The van der Waals surface area contributed by atoms with Gasteiger partial charge in [-0.2, -0.15) is 22.0 Å². The molecule has 0 aliphatic heterocycles. The summed E-state index contributed by atoms with van der Waals surface area (Å²) < 4.78 is 62.8. The summed E-state index contributed by atoms with van der Waals surface area (Å²) in [6, 6.07) is 2.59. The number of Topliss-reactive ketones (excluding diaryl/α,β-unsaturated/α-hetero) is 1. The molecule has 17 heavy (non-hydrogen) atoms. The Kier molecular flexibility index (Phi) is 3.61. The molecule has 0 atom stereocenters. The van der Waals surface area contributed by atoms with Crippen LogP contribution in [0, 0.1) is 6.92 Å². The number of halogens is 6. The predicted octanol–water partition coefficient (Wildman–Crippen LogP) is 4.18. The van der Waals surface area contributed by atoms with E-state index in [2.05, 4.69) is 0 Å². The third-order valence-corrected chi connectivity index (χ3v) is 2.50. The van der Waals surface area contributed by atoms with Crippen molar-refractivity contribution in [3.05, 3.63) is 34.9 Å². The van der Waals surface area contributed by atoms with Crippen LogP contribution in [0.25, 0.3) is 0 Å². The van der Waals surface area contributed by atoms with Crippen LogP contribution in [0.5, 0.6) is 0 Å². The van der Waals surface area contributed by atoms with Crippen LogP contribution < -0.4 is 0 Å². The summed E-state index contributed by atoms with van der Waals surface area (Å²) in [5.74, 6) is -1.69. The molecule has 0 heterocycles. The molecule has 1 aromatic rings. The van der Waals surface area contributed by atoms with Gasteiger partial charge in [0.15, 0.2) is 0 Å². The highest BCUT2D eigenvalue weighted by Gasteiger charge is 2.39. The van der Waals surface area contributed by atoms with Gasteiger partial charge in [-0.3, -0.25) is 4.79 Å². The maximum atomic E-state index is 12.7. The first-order chi connectivity index (χ1) is 7.55. The Morgan fingerprint density at radius 2 is 1.71 bits per heavy atom. The van der Waals surface area contributed by atoms with Crippen LogP contribution in [-0.4, -0.2) is 10.6 Å². The molecule has 0 spiro atoms. The molecule has 0 saturated heterocycles. The van der Waals surface area contributed by atoms with E-state index in [0.29, 0.717) is 0 Å². The minimum absolute atomic E-state index is 0.510. The molecule has 1 aromatic carbocycles. The molecule has 1 rings (SSSR count). The molecule has 0 fully saturated rings. The first kappa shape index (κ1) is 14.1. The van der Waals surface area contributed by atoms with Crippen molar-refractivity contribution >= 4 is 21.7 Å². The average molecular weight is 317 g/mol. The predicted molar refractivity (Wildman–Crippen MR) is 54.4 cm³/mol. The molecule has 0 amide bonds. The van der Waals surface area contributed by atoms with Crippen LogP contribution in [0.1, 0.15) is 21.5 Å². The molecule has 1 nitrogen and oxygen atoms in total. The first-order valence-corrected chi connectivity index (χ1v) is 5.13. The Balaban J connectivity index is 3.35. The molecule has 0 N–H and O–H groups in total. The summed E-state index contributed by atoms with van der Waals surface area (Å²) in [6.07, 6.45) is -4.68. The van der Waals surface area contributed by atoms with Crippen molar-refractivity contribution in [3.8, 4) is 0 Å². The number of carbonyl (C=O) groups excluding carboxylic acids is 1. The molecule has 0 aliphatic carbocycles. The van der Waals surface area contributed by atoms with E-state index in [1.165, 1.54) is 0 Å². The van der Waals surface area contributed by atoms with Gasteiger partial charge in [-0.15, -0.1) is 0 Å². The van der Waals surface area contributed by atoms with Crippen LogP contribution >= 0.6 is 15.9 Å². The zero-order valence-electron chi connectivity index (χ0n) is 8.41. The van der Waals surface area contributed by atoms with E-state index in [1.54, 1.807) is 0 Å². The van der Waals surface area contributed by atoms with Gasteiger partial charge in [0.2, 0.25) is 5.78 Å². The molecule has 0 unspecified atom stereocenters. The molecule has 7 heteroatoms. The Morgan fingerprint density at radius 3 is 2.12 bits per heavy atom. The number of carbonyl (C=O) groups is 1. The lowest BCUT2D eigenvalue weighted by Crippen LogP contribution is -2.23. The molecule has 0 aliphatic rings. The molecule has 0 radical (unpaired) electrons. The van der Waals surface area contributed by atoms with Gasteiger partial charge in [0, 0.05) is 5.56 Å². The Bertz CT molecular complexity index is 447. The van der Waals surface area contributed by atoms with Gasteiger partial charge in [0.1, 0.15) is 0 Å². The summed E-state index contributed by atoms with van der Waals surface area (Å²) in [4.78, 5) is 7.33. The molecular weight excluding hydrogens is 311 g/mol. The van der Waals surface area contributed by atoms with E-state index in [4.69, 9.17) is 0 Å². The zero-order valence-corrected chi connectivity index (χ0v) is 9.99. The minimum atomic E-state index is -4.68. The monoisotopic (exact) mass is 316 g/mol. The first-order valence-electron chi connectivity index (χ1n) is 4.33. The van der Waals surface area contributed by atoms with Gasteiger partial charge < -0.3 is 0 Å². The van der Waals surface area contributed by atoms with Gasteiger partial charge in [-0.1, -0.05) is 12.1 Å². The van der Waals surface area contributed by atoms with Gasteiger partial charge in [0.05, 0.1) is 5.56 Å². The summed E-state index contributed by atoms with van der Waals surface area (Å²) in [5, 5.41) is 0. The Labute approximate surface area is 102 Å². The number of hydrogen-bond acceptors (Lipinski definition) is 1. The lowest BCUT2D eigenvalue weighted by Gasteiger charge is -2.14. The maximum Gasteiger partial charge on any atom is 0.416 e. The van der Waals surface area contributed by atoms with E-state index in [9.17, 15) is 26.7 Å². The van der Waals surface area contributed by atoms with E-state index in [0.717, 1.165) is 25.1 Å². The SMILES string of the molecule is Cc1c(C(=O)C(F)(F)Br)cccc1C(F)(F)F. The summed E-state index contributed by atoms with van der Waals surface area (Å²) in [7, 11) is 0. The smallest absolute Gasteiger partial charge is 0.286 e. The van der Waals surface area contributed by atoms with Gasteiger partial charge in [-0.05, 0) is 34.5 Å².